The van der Waals surface area contributed by atoms with Gasteiger partial charge in [0.1, 0.15) is 5.69 Å². The van der Waals surface area contributed by atoms with Gasteiger partial charge in [-0.05, 0) is 22.1 Å². The Morgan fingerprint density at radius 3 is 3.06 bits per heavy atom. The highest BCUT2D eigenvalue weighted by Gasteiger charge is 2.19. The number of allylic oxidation sites excluding steroid dienone is 1. The van der Waals surface area contributed by atoms with Crippen LogP contribution in [0.1, 0.15) is 5.56 Å². The van der Waals surface area contributed by atoms with Crippen LogP contribution in [0.15, 0.2) is 36.5 Å². The van der Waals surface area contributed by atoms with Crippen LogP contribution in [-0.4, -0.2) is 10.2 Å². The Balaban J connectivity index is 2.40. The molecule has 0 saturated heterocycles. The average Bonchev–Trinajstić information content (AvgIpc) is 2.80. The molecule has 0 fully saturated rings. The average molecular weight is 204 g/mol. The topological polar surface area (TPSA) is 25.8 Å². The number of nitrogens with zero attached hydrogens (tertiary/aromatic N) is 2. The summed E-state index contributed by atoms with van der Waals surface area (Å²) in [6.07, 6.45) is 8.08. The maximum absolute atomic E-state index is 4.30. The number of hydrogen-bond acceptors (Lipinski definition) is 2. The first-order valence-corrected chi connectivity index (χ1v) is 5.29. The summed E-state index contributed by atoms with van der Waals surface area (Å²) >= 11 is 0. The van der Waals surface area contributed by atoms with Crippen LogP contribution in [0.4, 0.5) is 0 Å². The van der Waals surface area contributed by atoms with Gasteiger partial charge >= 0.3 is 0 Å². The lowest BCUT2D eigenvalue weighted by atomic mass is 10.1. The quantitative estimate of drug-likeness (QED) is 0.561. The molecule has 0 atom stereocenters. The van der Waals surface area contributed by atoms with E-state index in [1.54, 1.807) is 6.20 Å². The van der Waals surface area contributed by atoms with E-state index in [-0.39, 0.29) is 0 Å². The molecule has 2 nitrogen and oxygen atoms in total. The molecule has 0 amide bonds. The fourth-order valence-corrected chi connectivity index (χ4v) is 2.50. The predicted octanol–water partition coefficient (Wildman–Crippen LogP) is 2.26. The van der Waals surface area contributed by atoms with Crippen molar-refractivity contribution in [1.29, 1.82) is 0 Å². The van der Waals surface area contributed by atoms with E-state index in [0.29, 0.717) is 0 Å². The monoisotopic (exact) mass is 204 g/mol. The standard InChI is InChI=1S/C14H8N2/c1-3-9-7-8-15-16-14-12-6-2-4-10(12)11(5-1)13(9)14/h1-8H. The minimum absolute atomic E-state index is 1.01. The van der Waals surface area contributed by atoms with Crippen molar-refractivity contribution in [3.8, 4) is 11.3 Å². The highest BCUT2D eigenvalue weighted by molar-refractivity contribution is 6.03. The van der Waals surface area contributed by atoms with Gasteiger partial charge in [0.15, 0.2) is 0 Å². The van der Waals surface area contributed by atoms with Crippen LogP contribution in [0.25, 0.3) is 34.2 Å². The Hall–Kier alpha value is -2.22. The van der Waals surface area contributed by atoms with E-state index in [2.05, 4.69) is 46.6 Å². The fraction of sp³-hybridized carbons (Fsp3) is 0. The molecular weight excluding hydrogens is 196 g/mol. The molecule has 0 saturated carbocycles. The predicted molar refractivity (Wildman–Crippen MR) is 64.9 cm³/mol. The van der Waals surface area contributed by atoms with E-state index >= 15 is 0 Å². The zero-order valence-corrected chi connectivity index (χ0v) is 8.51. The number of fused-ring (bicyclic) bond motifs is 3. The Morgan fingerprint density at radius 2 is 2.06 bits per heavy atom. The Morgan fingerprint density at radius 1 is 1.06 bits per heavy atom. The number of benzene rings is 1. The van der Waals surface area contributed by atoms with Crippen molar-refractivity contribution in [2.24, 2.45) is 0 Å². The highest BCUT2D eigenvalue weighted by Crippen LogP contribution is 2.33. The van der Waals surface area contributed by atoms with Gasteiger partial charge in [-0.2, -0.15) is 5.10 Å². The van der Waals surface area contributed by atoms with Gasteiger partial charge < -0.3 is 0 Å². The Bertz CT molecular complexity index is 756. The number of hydrogen-bond donors (Lipinski definition) is 0. The molecule has 1 aromatic carbocycles. The minimum atomic E-state index is 1.01. The van der Waals surface area contributed by atoms with Crippen molar-refractivity contribution in [2.45, 2.75) is 0 Å². The third kappa shape index (κ3) is 0.823. The second-order valence-electron chi connectivity index (χ2n) is 4.00. The molecule has 1 aliphatic heterocycles. The summed E-state index contributed by atoms with van der Waals surface area (Å²) in [5.74, 6) is 0. The molecule has 1 aromatic rings. The molecule has 0 N–H and O–H groups in total. The van der Waals surface area contributed by atoms with Crippen LogP contribution < -0.4 is 5.22 Å². The molecule has 1 heterocycles. The normalized spacial score (nSPS) is 13.2. The summed E-state index contributed by atoms with van der Waals surface area (Å²) in [5.41, 5.74) is 3.44. The van der Waals surface area contributed by atoms with Crippen LogP contribution in [-0.2, 0) is 0 Å². The molecular formula is C14H8N2. The summed E-state index contributed by atoms with van der Waals surface area (Å²) in [6, 6.07) is 8.36. The van der Waals surface area contributed by atoms with Crippen molar-refractivity contribution in [1.82, 2.24) is 10.2 Å². The Labute approximate surface area is 92.3 Å². The molecule has 3 aliphatic rings. The zero-order valence-electron chi connectivity index (χ0n) is 8.51. The highest BCUT2D eigenvalue weighted by atomic mass is 15.1. The van der Waals surface area contributed by atoms with Crippen molar-refractivity contribution >= 4 is 22.9 Å². The van der Waals surface area contributed by atoms with Crippen molar-refractivity contribution in [3.05, 3.63) is 47.3 Å². The van der Waals surface area contributed by atoms with Crippen LogP contribution in [0.5, 0.6) is 0 Å². The summed E-state index contributed by atoms with van der Waals surface area (Å²) in [7, 11) is 0. The fourth-order valence-electron chi connectivity index (χ4n) is 2.50. The first-order chi connectivity index (χ1) is 7.95. The molecule has 16 heavy (non-hydrogen) atoms. The van der Waals surface area contributed by atoms with Gasteiger partial charge in [-0.15, -0.1) is 5.10 Å². The third-order valence-electron chi connectivity index (χ3n) is 3.17. The van der Waals surface area contributed by atoms with Gasteiger partial charge in [-0.25, -0.2) is 0 Å². The summed E-state index contributed by atoms with van der Waals surface area (Å²) in [5, 5.41) is 12.1. The molecule has 0 radical (unpaired) electrons. The van der Waals surface area contributed by atoms with E-state index in [1.807, 2.05) is 6.07 Å². The molecule has 2 aliphatic carbocycles. The van der Waals surface area contributed by atoms with E-state index in [1.165, 1.54) is 27.1 Å². The number of rotatable bonds is 0. The van der Waals surface area contributed by atoms with Gasteiger partial charge in [-0.1, -0.05) is 36.4 Å². The molecule has 74 valence electrons. The van der Waals surface area contributed by atoms with Gasteiger partial charge in [-0.3, -0.25) is 0 Å². The lowest BCUT2D eigenvalue weighted by Gasteiger charge is -1.98. The molecule has 0 aromatic heterocycles. The molecule has 4 rings (SSSR count). The third-order valence-corrected chi connectivity index (χ3v) is 3.17. The summed E-state index contributed by atoms with van der Waals surface area (Å²) in [6.45, 7) is 0. The van der Waals surface area contributed by atoms with Crippen LogP contribution >= 0.6 is 0 Å². The first kappa shape index (κ1) is 7.99. The minimum Gasteiger partial charge on any atom is -0.158 e. The second-order valence-corrected chi connectivity index (χ2v) is 4.00. The van der Waals surface area contributed by atoms with Crippen molar-refractivity contribution in [3.63, 3.8) is 0 Å². The summed E-state index contributed by atoms with van der Waals surface area (Å²) < 4.78 is 0. The van der Waals surface area contributed by atoms with Crippen LogP contribution in [0.2, 0.25) is 0 Å². The van der Waals surface area contributed by atoms with Crippen LogP contribution in [0, 0.1) is 0 Å². The van der Waals surface area contributed by atoms with Gasteiger partial charge in [0.25, 0.3) is 0 Å². The summed E-state index contributed by atoms with van der Waals surface area (Å²) in [4.78, 5) is 0. The van der Waals surface area contributed by atoms with Gasteiger partial charge in [0, 0.05) is 11.1 Å². The van der Waals surface area contributed by atoms with Gasteiger partial charge in [0.2, 0.25) is 0 Å². The zero-order chi connectivity index (χ0) is 10.5. The van der Waals surface area contributed by atoms with E-state index in [0.717, 1.165) is 5.69 Å². The lowest BCUT2D eigenvalue weighted by Crippen LogP contribution is -1.96. The van der Waals surface area contributed by atoms with E-state index < -0.39 is 0 Å². The molecule has 0 bridgehead atoms. The first-order valence-electron chi connectivity index (χ1n) is 5.29. The largest absolute Gasteiger partial charge is 0.158 e. The maximum Gasteiger partial charge on any atom is 0.102 e. The number of aromatic nitrogens is 2. The van der Waals surface area contributed by atoms with Crippen molar-refractivity contribution in [2.75, 3.05) is 0 Å². The van der Waals surface area contributed by atoms with Crippen molar-refractivity contribution < 1.29 is 0 Å². The molecule has 2 heteroatoms. The molecule has 0 spiro atoms. The smallest absolute Gasteiger partial charge is 0.102 e. The second kappa shape index (κ2) is 2.67. The van der Waals surface area contributed by atoms with E-state index in [9.17, 15) is 0 Å². The van der Waals surface area contributed by atoms with Crippen LogP contribution in [0.3, 0.4) is 0 Å². The molecule has 0 unspecified atom stereocenters. The lowest BCUT2D eigenvalue weighted by molar-refractivity contribution is 1.06. The maximum atomic E-state index is 4.30. The van der Waals surface area contributed by atoms with E-state index in [4.69, 9.17) is 0 Å². The van der Waals surface area contributed by atoms with Gasteiger partial charge in [0.05, 0.1) is 6.20 Å². The SMILES string of the molecule is C1=Cc2c3nnccc4cccc(c4-3)c2=C1. The Kier molecular flexibility index (Phi) is 1.33.